The lowest BCUT2D eigenvalue weighted by atomic mass is 10.1. The smallest absolute Gasteiger partial charge is 0.222 e. The van der Waals surface area contributed by atoms with Crippen LogP contribution in [0.5, 0.6) is 0 Å². The molecule has 1 fully saturated rings. The number of rotatable bonds is 7. The van der Waals surface area contributed by atoms with Crippen molar-refractivity contribution in [2.45, 2.75) is 29.4 Å². The van der Waals surface area contributed by atoms with E-state index in [9.17, 15) is 4.39 Å². The molecule has 1 aromatic carbocycles. The van der Waals surface area contributed by atoms with E-state index in [0.29, 0.717) is 6.41 Å². The standard InChI is InChI=1S/C15H16FNS2.CH5N3O/c1-17-14-4-2-3-13(10-5-6-10)15(14)19-9-12-7-11(16)8-18-12;2-4-3-1-5/h2-4,7-8,10,17H,5-6,9H2,1H3;1,4H,2H2,(H,3,5). The molecule has 1 saturated carbocycles. The second-order valence-corrected chi connectivity index (χ2v) is 7.16. The van der Waals surface area contributed by atoms with Crippen LogP contribution in [0.15, 0.2) is 34.5 Å². The predicted molar refractivity (Wildman–Crippen MR) is 98.3 cm³/mol. The third-order valence-electron chi connectivity index (χ3n) is 3.45. The van der Waals surface area contributed by atoms with Gasteiger partial charge >= 0.3 is 0 Å². The Balaban J connectivity index is 0.000000368. The summed E-state index contributed by atoms with van der Waals surface area (Å²) in [6.07, 6.45) is 3.04. The van der Waals surface area contributed by atoms with Crippen molar-refractivity contribution in [1.82, 2.24) is 11.0 Å². The van der Waals surface area contributed by atoms with Gasteiger partial charge in [0.15, 0.2) is 0 Å². The Kier molecular flexibility index (Phi) is 7.51. The van der Waals surface area contributed by atoms with Gasteiger partial charge in [0.1, 0.15) is 5.82 Å². The highest BCUT2D eigenvalue weighted by Gasteiger charge is 2.27. The molecule has 1 aliphatic carbocycles. The first kappa shape index (κ1) is 18.7. The second kappa shape index (κ2) is 9.63. The van der Waals surface area contributed by atoms with Crippen LogP contribution in [-0.4, -0.2) is 13.5 Å². The number of thioether (sulfide) groups is 1. The van der Waals surface area contributed by atoms with Crippen LogP contribution in [0.1, 0.15) is 29.2 Å². The van der Waals surface area contributed by atoms with E-state index in [1.165, 1.54) is 40.3 Å². The Morgan fingerprint density at radius 1 is 1.46 bits per heavy atom. The van der Waals surface area contributed by atoms with Gasteiger partial charge in [0.2, 0.25) is 6.41 Å². The maximum absolute atomic E-state index is 13.0. The van der Waals surface area contributed by atoms with E-state index in [1.807, 2.05) is 29.8 Å². The average molecular weight is 369 g/mol. The summed E-state index contributed by atoms with van der Waals surface area (Å²) in [5.74, 6) is 6.00. The third-order valence-corrected chi connectivity index (χ3v) is 5.75. The quantitative estimate of drug-likeness (QED) is 0.261. The molecule has 0 bridgehead atoms. The number of amides is 1. The van der Waals surface area contributed by atoms with E-state index in [1.54, 1.807) is 11.4 Å². The fraction of sp³-hybridized carbons (Fsp3) is 0.312. The lowest BCUT2D eigenvalue weighted by Gasteiger charge is -2.13. The fourth-order valence-corrected chi connectivity index (χ4v) is 4.29. The van der Waals surface area contributed by atoms with Crippen LogP contribution >= 0.6 is 23.1 Å². The van der Waals surface area contributed by atoms with Crippen molar-refractivity contribution >= 4 is 35.2 Å². The number of nitrogens with one attached hydrogen (secondary N) is 3. The van der Waals surface area contributed by atoms with Gasteiger partial charge in [-0.05, 0) is 36.5 Å². The van der Waals surface area contributed by atoms with Crippen molar-refractivity contribution in [2.24, 2.45) is 5.84 Å². The summed E-state index contributed by atoms with van der Waals surface area (Å²) in [5, 5.41) is 4.84. The number of carbonyl (C=O) groups is 1. The van der Waals surface area contributed by atoms with Gasteiger partial charge in [-0.25, -0.2) is 4.39 Å². The highest BCUT2D eigenvalue weighted by Crippen LogP contribution is 2.47. The molecule has 1 aromatic heterocycles. The van der Waals surface area contributed by atoms with Gasteiger partial charge in [0.25, 0.3) is 0 Å². The molecule has 0 atom stereocenters. The Morgan fingerprint density at radius 3 is 2.75 bits per heavy atom. The Hall–Kier alpha value is -1.61. The van der Waals surface area contributed by atoms with Gasteiger partial charge in [-0.3, -0.25) is 16.1 Å². The summed E-state index contributed by atoms with van der Waals surface area (Å²) in [6, 6.07) is 8.10. The van der Waals surface area contributed by atoms with E-state index in [0.717, 1.165) is 16.5 Å². The van der Waals surface area contributed by atoms with E-state index in [4.69, 9.17) is 4.79 Å². The number of thiophene rings is 1. The first-order chi connectivity index (χ1) is 11.7. The zero-order valence-corrected chi connectivity index (χ0v) is 15.0. The monoisotopic (exact) mass is 368 g/mol. The lowest BCUT2D eigenvalue weighted by molar-refractivity contribution is -0.110. The summed E-state index contributed by atoms with van der Waals surface area (Å²) >= 11 is 3.31. The van der Waals surface area contributed by atoms with Crippen LogP contribution < -0.4 is 22.1 Å². The summed E-state index contributed by atoms with van der Waals surface area (Å²) < 4.78 is 13.0. The van der Waals surface area contributed by atoms with Gasteiger partial charge < -0.3 is 5.32 Å². The molecule has 3 rings (SSSR count). The molecule has 0 saturated heterocycles. The normalized spacial score (nSPS) is 13.0. The van der Waals surface area contributed by atoms with Crippen LogP contribution in [0, 0.1) is 5.82 Å². The van der Waals surface area contributed by atoms with Gasteiger partial charge in [-0.15, -0.1) is 23.1 Å². The molecule has 24 heavy (non-hydrogen) atoms. The SMILES string of the molecule is CNc1cccc(C2CC2)c1SCc1cc(F)cs1.NNNC=O. The fourth-order valence-electron chi connectivity index (χ4n) is 2.24. The third kappa shape index (κ3) is 5.48. The molecule has 5 nitrogen and oxygen atoms in total. The van der Waals surface area contributed by atoms with Crippen molar-refractivity contribution in [3.05, 3.63) is 45.9 Å². The minimum Gasteiger partial charge on any atom is -0.387 e. The Bertz CT molecular complexity index is 661. The number of anilines is 1. The van der Waals surface area contributed by atoms with Crippen molar-refractivity contribution in [3.63, 3.8) is 0 Å². The first-order valence-corrected chi connectivity index (χ1v) is 9.37. The molecule has 0 unspecified atom stereocenters. The molecule has 8 heteroatoms. The molecule has 0 spiro atoms. The van der Waals surface area contributed by atoms with Crippen molar-refractivity contribution in [3.8, 4) is 0 Å². The summed E-state index contributed by atoms with van der Waals surface area (Å²) in [7, 11) is 1.96. The van der Waals surface area contributed by atoms with Crippen molar-refractivity contribution in [2.75, 3.05) is 12.4 Å². The van der Waals surface area contributed by atoms with Gasteiger partial charge in [-0.1, -0.05) is 12.1 Å². The largest absolute Gasteiger partial charge is 0.387 e. The number of carbonyl (C=O) groups excluding carboxylic acids is 1. The summed E-state index contributed by atoms with van der Waals surface area (Å²) in [6.45, 7) is 0. The van der Waals surface area contributed by atoms with Crippen molar-refractivity contribution in [1.29, 1.82) is 0 Å². The zero-order valence-electron chi connectivity index (χ0n) is 13.3. The zero-order chi connectivity index (χ0) is 17.4. The summed E-state index contributed by atoms with van der Waals surface area (Å²) in [5.41, 5.74) is 6.50. The van der Waals surface area contributed by atoms with Crippen molar-refractivity contribution < 1.29 is 9.18 Å². The Labute approximate surface area is 149 Å². The van der Waals surface area contributed by atoms with Gasteiger partial charge in [0, 0.05) is 33.6 Å². The lowest BCUT2D eigenvalue weighted by Crippen LogP contribution is -2.36. The Morgan fingerprint density at radius 2 is 2.25 bits per heavy atom. The number of hydrazine groups is 2. The van der Waals surface area contributed by atoms with E-state index in [2.05, 4.69) is 29.4 Å². The first-order valence-electron chi connectivity index (χ1n) is 7.50. The molecule has 0 radical (unpaired) electrons. The van der Waals surface area contributed by atoms with Crippen LogP contribution in [0.2, 0.25) is 0 Å². The average Bonchev–Trinajstić information content (AvgIpc) is 3.36. The topological polar surface area (TPSA) is 79.2 Å². The molecule has 0 aliphatic heterocycles. The van der Waals surface area contributed by atoms with E-state index >= 15 is 0 Å². The molecule has 1 heterocycles. The number of hydrogen-bond donors (Lipinski definition) is 4. The number of benzene rings is 1. The molecule has 1 amide bonds. The van der Waals surface area contributed by atoms with Gasteiger partial charge in [-0.2, -0.15) is 5.53 Å². The molecule has 2 aromatic rings. The number of hydrogen-bond acceptors (Lipinski definition) is 6. The number of halogens is 1. The molecular weight excluding hydrogens is 347 g/mol. The molecule has 1 aliphatic rings. The van der Waals surface area contributed by atoms with E-state index < -0.39 is 0 Å². The maximum Gasteiger partial charge on any atom is 0.222 e. The van der Waals surface area contributed by atoms with Gasteiger partial charge in [0.05, 0.1) is 0 Å². The maximum atomic E-state index is 13.0. The van der Waals surface area contributed by atoms with Crippen LogP contribution in [0.25, 0.3) is 0 Å². The molecule has 5 N–H and O–H groups in total. The number of nitrogens with two attached hydrogens (primary N) is 1. The predicted octanol–water partition coefficient (Wildman–Crippen LogP) is 3.21. The minimum absolute atomic E-state index is 0.120. The van der Waals surface area contributed by atoms with E-state index in [-0.39, 0.29) is 5.82 Å². The van der Waals surface area contributed by atoms with Crippen LogP contribution in [0.4, 0.5) is 10.1 Å². The summed E-state index contributed by atoms with van der Waals surface area (Å²) in [4.78, 5) is 11.6. The molecule has 130 valence electrons. The highest BCUT2D eigenvalue weighted by molar-refractivity contribution is 7.98. The highest BCUT2D eigenvalue weighted by atomic mass is 32.2. The second-order valence-electron chi connectivity index (χ2n) is 5.17. The van der Waals surface area contributed by atoms with Crippen LogP contribution in [0.3, 0.4) is 0 Å². The minimum atomic E-state index is -0.120. The van der Waals surface area contributed by atoms with Crippen LogP contribution in [-0.2, 0) is 10.5 Å². The molecular formula is C16H21FN4OS2.